The van der Waals surface area contributed by atoms with E-state index in [1.165, 1.54) is 10.5 Å². The van der Waals surface area contributed by atoms with Crippen molar-refractivity contribution in [1.29, 1.82) is 5.26 Å². The first kappa shape index (κ1) is 30.4. The number of sulfonamides is 1. The van der Waals surface area contributed by atoms with Crippen LogP contribution < -0.4 is 10.6 Å². The van der Waals surface area contributed by atoms with Crippen LogP contribution in [-0.2, 0) is 16.6 Å². The maximum atomic E-state index is 12.2. The van der Waals surface area contributed by atoms with Gasteiger partial charge in [-0.25, -0.2) is 27.4 Å². The van der Waals surface area contributed by atoms with Gasteiger partial charge in [0.25, 0.3) is 0 Å². The van der Waals surface area contributed by atoms with Crippen molar-refractivity contribution in [3.8, 4) is 23.0 Å². The molecule has 224 valence electrons. The summed E-state index contributed by atoms with van der Waals surface area (Å²) >= 11 is 6.67. The summed E-state index contributed by atoms with van der Waals surface area (Å²) < 4.78 is 27.5. The molecule has 11 nitrogen and oxygen atoms in total. The SMILES string of the molecule is CCS(=O)(=O)N1CCC(Nc2ncc(C#N)c(-c3cnn(-c4ccc(CNC5CCCC[C@@]5(C)O)cc4Cl)c3)n2)CC1. The minimum absolute atomic E-state index is 0.0212. The van der Waals surface area contributed by atoms with Gasteiger partial charge in [0.1, 0.15) is 6.07 Å². The topological polar surface area (TPSA) is 149 Å². The van der Waals surface area contributed by atoms with E-state index in [-0.39, 0.29) is 17.8 Å². The van der Waals surface area contributed by atoms with E-state index >= 15 is 0 Å². The Morgan fingerprint density at radius 3 is 2.69 bits per heavy atom. The normalized spacial score (nSPS) is 22.1. The molecule has 2 atom stereocenters. The summed E-state index contributed by atoms with van der Waals surface area (Å²) in [5.41, 5.74) is 2.40. The molecule has 1 saturated heterocycles. The molecule has 1 unspecified atom stereocenters. The molecule has 2 fully saturated rings. The molecule has 13 heteroatoms. The molecule has 0 bridgehead atoms. The Labute approximate surface area is 252 Å². The van der Waals surface area contributed by atoms with Crippen LogP contribution in [0.1, 0.15) is 63.5 Å². The number of anilines is 1. The summed E-state index contributed by atoms with van der Waals surface area (Å²) in [6, 6.07) is 8.00. The maximum absolute atomic E-state index is 12.2. The van der Waals surface area contributed by atoms with Crippen molar-refractivity contribution in [1.82, 2.24) is 29.4 Å². The molecule has 5 rings (SSSR count). The Balaban J connectivity index is 1.27. The predicted octanol–water partition coefficient (Wildman–Crippen LogP) is 3.86. The predicted molar refractivity (Wildman–Crippen MR) is 162 cm³/mol. The zero-order valence-corrected chi connectivity index (χ0v) is 25.5. The van der Waals surface area contributed by atoms with E-state index < -0.39 is 15.6 Å². The number of piperidine rings is 1. The molecule has 2 aliphatic rings. The second-order valence-corrected chi connectivity index (χ2v) is 13.9. The third-order valence-electron chi connectivity index (χ3n) is 8.30. The van der Waals surface area contributed by atoms with Gasteiger partial charge in [0.2, 0.25) is 16.0 Å². The van der Waals surface area contributed by atoms with Crippen molar-refractivity contribution in [2.75, 3.05) is 24.2 Å². The highest BCUT2D eigenvalue weighted by atomic mass is 35.5. The quantitative estimate of drug-likeness (QED) is 0.327. The van der Waals surface area contributed by atoms with E-state index in [0.717, 1.165) is 31.2 Å². The molecule has 1 aromatic carbocycles. The van der Waals surface area contributed by atoms with E-state index in [1.54, 1.807) is 24.0 Å². The molecule has 1 saturated carbocycles. The Morgan fingerprint density at radius 2 is 2.00 bits per heavy atom. The average Bonchev–Trinajstić information content (AvgIpc) is 3.46. The van der Waals surface area contributed by atoms with Crippen LogP contribution in [0.15, 0.2) is 36.8 Å². The fourth-order valence-corrected chi connectivity index (χ4v) is 7.12. The summed E-state index contributed by atoms with van der Waals surface area (Å²) in [4.78, 5) is 8.94. The molecule has 2 aromatic heterocycles. The molecule has 0 spiro atoms. The fourth-order valence-electron chi connectivity index (χ4n) is 5.70. The highest BCUT2D eigenvalue weighted by molar-refractivity contribution is 7.89. The molecule has 3 heterocycles. The number of hydrogen-bond donors (Lipinski definition) is 3. The van der Waals surface area contributed by atoms with Crippen molar-refractivity contribution in [3.63, 3.8) is 0 Å². The second-order valence-electron chi connectivity index (χ2n) is 11.3. The molecule has 3 aromatic rings. The Morgan fingerprint density at radius 1 is 1.21 bits per heavy atom. The summed E-state index contributed by atoms with van der Waals surface area (Å²) in [6.07, 6.45) is 10.1. The van der Waals surface area contributed by atoms with E-state index in [4.69, 9.17) is 11.6 Å². The van der Waals surface area contributed by atoms with E-state index in [2.05, 4.69) is 31.8 Å². The van der Waals surface area contributed by atoms with Gasteiger partial charge in [0, 0.05) is 43.5 Å². The number of benzene rings is 1. The smallest absolute Gasteiger partial charge is 0.223 e. The largest absolute Gasteiger partial charge is 0.389 e. The van der Waals surface area contributed by atoms with E-state index in [9.17, 15) is 18.8 Å². The van der Waals surface area contributed by atoms with Gasteiger partial charge in [-0.15, -0.1) is 0 Å². The summed E-state index contributed by atoms with van der Waals surface area (Å²) in [7, 11) is -3.20. The third-order valence-corrected chi connectivity index (χ3v) is 10.5. The van der Waals surface area contributed by atoms with Crippen LogP contribution >= 0.6 is 11.6 Å². The lowest BCUT2D eigenvalue weighted by atomic mass is 9.82. The third kappa shape index (κ3) is 6.76. The number of nitrogens with one attached hydrogen (secondary N) is 2. The van der Waals surface area contributed by atoms with Crippen LogP contribution in [0.4, 0.5) is 5.95 Å². The van der Waals surface area contributed by atoms with Gasteiger partial charge >= 0.3 is 0 Å². The molecule has 0 amide bonds. The molecule has 3 N–H and O–H groups in total. The number of hydrogen-bond acceptors (Lipinski definition) is 9. The number of rotatable bonds is 9. The van der Waals surface area contributed by atoms with Crippen molar-refractivity contribution < 1.29 is 13.5 Å². The standard InChI is InChI=1S/C29H37ClN8O3S/c1-3-42(40,41)37-12-9-23(10-13-37)35-28-33-17-21(15-31)27(36-28)22-18-34-38(19-22)25-8-7-20(14-24(25)30)16-32-26-6-4-5-11-29(26,2)39/h7-8,14,17-19,23,26,32,39H,3-6,9-13,16H2,1-2H3,(H,33,35,36)/t26?,29-/m1/s1. The van der Waals surface area contributed by atoms with Crippen LogP contribution in [0.25, 0.3) is 16.9 Å². The van der Waals surface area contributed by atoms with Crippen LogP contribution in [-0.4, -0.2) is 74.1 Å². The van der Waals surface area contributed by atoms with Gasteiger partial charge in [-0.1, -0.05) is 30.5 Å². The Hall–Kier alpha value is -3.08. The first-order chi connectivity index (χ1) is 20.1. The van der Waals surface area contributed by atoms with Gasteiger partial charge in [-0.05, 0) is 57.2 Å². The monoisotopic (exact) mass is 612 g/mol. The molecular formula is C29H37ClN8O3S. The number of halogens is 1. The lowest BCUT2D eigenvalue weighted by Gasteiger charge is -2.37. The highest BCUT2D eigenvalue weighted by Gasteiger charge is 2.34. The molecule has 1 aliphatic carbocycles. The van der Waals surface area contributed by atoms with Crippen LogP contribution in [0.2, 0.25) is 5.02 Å². The van der Waals surface area contributed by atoms with E-state index in [0.29, 0.717) is 66.0 Å². The van der Waals surface area contributed by atoms with Gasteiger partial charge < -0.3 is 15.7 Å². The Kier molecular flexibility index (Phi) is 9.15. The summed E-state index contributed by atoms with van der Waals surface area (Å²) in [6.45, 7) is 5.04. The molecule has 0 radical (unpaired) electrons. The van der Waals surface area contributed by atoms with Crippen molar-refractivity contribution in [2.45, 2.75) is 76.6 Å². The van der Waals surface area contributed by atoms with Crippen LogP contribution in [0, 0.1) is 11.3 Å². The van der Waals surface area contributed by atoms with Gasteiger partial charge in [-0.2, -0.15) is 10.4 Å². The van der Waals surface area contributed by atoms with Crippen molar-refractivity contribution >= 4 is 27.6 Å². The average molecular weight is 613 g/mol. The first-order valence-corrected chi connectivity index (χ1v) is 16.4. The van der Waals surface area contributed by atoms with Gasteiger partial charge in [-0.3, -0.25) is 0 Å². The molecule has 42 heavy (non-hydrogen) atoms. The minimum Gasteiger partial charge on any atom is -0.389 e. The van der Waals surface area contributed by atoms with Gasteiger partial charge in [0.15, 0.2) is 0 Å². The number of nitrogens with zero attached hydrogens (tertiary/aromatic N) is 6. The summed E-state index contributed by atoms with van der Waals surface area (Å²) in [5.74, 6) is 0.471. The summed E-state index contributed by atoms with van der Waals surface area (Å²) in [5, 5.41) is 32.2. The van der Waals surface area contributed by atoms with Crippen LogP contribution in [0.3, 0.4) is 0 Å². The highest BCUT2D eigenvalue weighted by Crippen LogP contribution is 2.30. The molecule has 1 aliphatic heterocycles. The van der Waals surface area contributed by atoms with E-state index in [1.807, 2.05) is 25.1 Å². The maximum Gasteiger partial charge on any atom is 0.223 e. The second kappa shape index (κ2) is 12.7. The minimum atomic E-state index is -3.20. The number of aromatic nitrogens is 4. The number of nitriles is 1. The Bertz CT molecular complexity index is 1560. The first-order valence-electron chi connectivity index (χ1n) is 14.4. The fraction of sp³-hybridized carbons (Fsp3) is 0.517. The van der Waals surface area contributed by atoms with Crippen molar-refractivity contribution in [3.05, 3.63) is 52.9 Å². The zero-order valence-electron chi connectivity index (χ0n) is 23.9. The molecular weight excluding hydrogens is 576 g/mol. The lowest BCUT2D eigenvalue weighted by Crippen LogP contribution is -2.50. The zero-order chi connectivity index (χ0) is 29.9. The lowest BCUT2D eigenvalue weighted by molar-refractivity contribution is -0.0105. The van der Waals surface area contributed by atoms with Crippen LogP contribution in [0.5, 0.6) is 0 Å². The van der Waals surface area contributed by atoms with Crippen molar-refractivity contribution in [2.24, 2.45) is 0 Å². The van der Waals surface area contributed by atoms with Gasteiger partial charge in [0.05, 0.1) is 45.7 Å². The number of aliphatic hydroxyl groups is 1.